The monoisotopic (exact) mass is 355 g/mol. The van der Waals surface area contributed by atoms with Crippen LogP contribution in [0.25, 0.3) is 0 Å². The highest BCUT2D eigenvalue weighted by atomic mass is 19.1. The number of amides is 1. The number of aromatic nitrogens is 1. The minimum absolute atomic E-state index is 0.00487. The Hall–Kier alpha value is -2.47. The molecule has 0 saturated heterocycles. The number of halogens is 1. The van der Waals surface area contributed by atoms with Crippen molar-refractivity contribution in [3.05, 3.63) is 54.0 Å². The zero-order chi connectivity index (χ0) is 18.1. The number of nitrogens with zero attached hydrogens (tertiary/aromatic N) is 1. The number of hydrogen-bond donors (Lipinski definition) is 2. The summed E-state index contributed by atoms with van der Waals surface area (Å²) in [4.78, 5) is 16.8. The summed E-state index contributed by atoms with van der Waals surface area (Å²) in [6.07, 6.45) is 4.91. The van der Waals surface area contributed by atoms with Gasteiger partial charge in [0.2, 0.25) is 11.8 Å². The Morgan fingerprint density at radius 3 is 2.88 bits per heavy atom. The summed E-state index contributed by atoms with van der Waals surface area (Å²) in [7, 11) is 0. The van der Waals surface area contributed by atoms with Crippen molar-refractivity contribution < 1.29 is 13.9 Å². The zero-order valence-electron chi connectivity index (χ0n) is 14.4. The molecule has 2 fully saturated rings. The Balaban J connectivity index is 1.43. The number of fused-ring (bicyclic) bond motifs is 2. The molecule has 2 aromatic rings. The normalized spacial score (nSPS) is 26.7. The third-order valence-electron chi connectivity index (χ3n) is 5.60. The van der Waals surface area contributed by atoms with Gasteiger partial charge in [0.05, 0.1) is 5.92 Å². The third-order valence-corrected chi connectivity index (χ3v) is 5.60. The fraction of sp³-hybridized carbons (Fsp3) is 0.400. The van der Waals surface area contributed by atoms with E-state index in [0.717, 1.165) is 24.8 Å². The first-order chi connectivity index (χ1) is 12.6. The van der Waals surface area contributed by atoms with Gasteiger partial charge in [0.25, 0.3) is 0 Å². The van der Waals surface area contributed by atoms with Crippen molar-refractivity contribution in [1.82, 2.24) is 10.3 Å². The lowest BCUT2D eigenvalue weighted by Gasteiger charge is -2.27. The molecule has 0 aliphatic heterocycles. The molecule has 0 spiro atoms. The molecule has 4 unspecified atom stereocenters. The molecule has 136 valence electrons. The standard InChI is InChI=1S/C20H22FN3O2/c21-15-4-1-5-16(10-15)26-20-14(3-2-8-23-20)11-24-19(25)17-12-6-7-13(9-12)18(17)22/h1-5,8,10,12-13,17-18H,6-7,9,11,22H2,(H,24,25). The van der Waals surface area contributed by atoms with E-state index in [9.17, 15) is 9.18 Å². The van der Waals surface area contributed by atoms with Gasteiger partial charge >= 0.3 is 0 Å². The highest BCUT2D eigenvalue weighted by molar-refractivity contribution is 5.80. The Morgan fingerprint density at radius 2 is 2.12 bits per heavy atom. The topological polar surface area (TPSA) is 77.2 Å². The lowest BCUT2D eigenvalue weighted by molar-refractivity contribution is -0.127. The van der Waals surface area contributed by atoms with Crippen molar-refractivity contribution in [3.8, 4) is 11.6 Å². The van der Waals surface area contributed by atoms with Gasteiger partial charge in [-0.05, 0) is 49.3 Å². The van der Waals surface area contributed by atoms with Gasteiger partial charge in [-0.25, -0.2) is 9.37 Å². The van der Waals surface area contributed by atoms with Crippen LogP contribution in [0.2, 0.25) is 0 Å². The van der Waals surface area contributed by atoms with Crippen molar-refractivity contribution in [2.45, 2.75) is 31.8 Å². The van der Waals surface area contributed by atoms with E-state index in [0.29, 0.717) is 30.0 Å². The van der Waals surface area contributed by atoms with Gasteiger partial charge in [-0.2, -0.15) is 0 Å². The Labute approximate surface area is 151 Å². The van der Waals surface area contributed by atoms with Crippen LogP contribution < -0.4 is 15.8 Å². The van der Waals surface area contributed by atoms with E-state index in [1.807, 2.05) is 6.07 Å². The summed E-state index contributed by atoms with van der Waals surface area (Å²) in [5.41, 5.74) is 6.98. The molecule has 2 bridgehead atoms. The van der Waals surface area contributed by atoms with E-state index >= 15 is 0 Å². The summed E-state index contributed by atoms with van der Waals surface area (Å²) < 4.78 is 19.0. The molecule has 2 saturated carbocycles. The van der Waals surface area contributed by atoms with Crippen LogP contribution in [0.4, 0.5) is 4.39 Å². The number of nitrogens with two attached hydrogens (primary N) is 1. The molecule has 3 N–H and O–H groups in total. The van der Waals surface area contributed by atoms with E-state index in [4.69, 9.17) is 10.5 Å². The molecule has 26 heavy (non-hydrogen) atoms. The molecule has 1 amide bonds. The molecule has 1 heterocycles. The number of benzene rings is 1. The lowest BCUT2D eigenvalue weighted by atomic mass is 9.84. The average Bonchev–Trinajstić information content (AvgIpc) is 3.22. The number of hydrogen-bond acceptors (Lipinski definition) is 4. The maximum Gasteiger partial charge on any atom is 0.225 e. The Bertz CT molecular complexity index is 811. The van der Waals surface area contributed by atoms with Gasteiger partial charge < -0.3 is 15.8 Å². The number of nitrogens with one attached hydrogen (secondary N) is 1. The fourth-order valence-electron chi connectivity index (χ4n) is 4.32. The molecule has 1 aromatic carbocycles. The van der Waals surface area contributed by atoms with Crippen LogP contribution in [0.5, 0.6) is 11.6 Å². The summed E-state index contributed by atoms with van der Waals surface area (Å²) >= 11 is 0. The predicted molar refractivity (Wildman–Crippen MR) is 94.9 cm³/mol. The second kappa shape index (κ2) is 7.03. The molecule has 5 nitrogen and oxygen atoms in total. The summed E-state index contributed by atoms with van der Waals surface area (Å²) in [5, 5.41) is 2.98. The first-order valence-electron chi connectivity index (χ1n) is 9.02. The predicted octanol–water partition coefficient (Wildman–Crippen LogP) is 3.00. The number of pyridine rings is 1. The van der Waals surface area contributed by atoms with Crippen molar-refractivity contribution in [3.63, 3.8) is 0 Å². The SMILES string of the molecule is NC1C2CCC(C2)C1C(=O)NCc1cccnc1Oc1cccc(F)c1. The van der Waals surface area contributed by atoms with Crippen molar-refractivity contribution in [2.75, 3.05) is 0 Å². The fourth-order valence-corrected chi connectivity index (χ4v) is 4.32. The Kier molecular flexibility index (Phi) is 4.59. The van der Waals surface area contributed by atoms with Crippen LogP contribution in [0.3, 0.4) is 0 Å². The zero-order valence-corrected chi connectivity index (χ0v) is 14.4. The first-order valence-corrected chi connectivity index (χ1v) is 9.02. The van der Waals surface area contributed by atoms with E-state index < -0.39 is 0 Å². The first kappa shape index (κ1) is 17.0. The maximum atomic E-state index is 13.3. The van der Waals surface area contributed by atoms with Gasteiger partial charge in [-0.3, -0.25) is 4.79 Å². The second-order valence-electron chi connectivity index (χ2n) is 7.18. The van der Waals surface area contributed by atoms with Gasteiger partial charge in [-0.15, -0.1) is 0 Å². The van der Waals surface area contributed by atoms with Crippen molar-refractivity contribution in [2.24, 2.45) is 23.5 Å². The molecule has 6 heteroatoms. The smallest absolute Gasteiger partial charge is 0.225 e. The largest absolute Gasteiger partial charge is 0.439 e. The second-order valence-corrected chi connectivity index (χ2v) is 7.18. The molecule has 1 aromatic heterocycles. The molecule has 4 atom stereocenters. The number of carbonyl (C=O) groups is 1. The molecular weight excluding hydrogens is 333 g/mol. The van der Waals surface area contributed by atoms with Crippen LogP contribution in [0, 0.1) is 23.6 Å². The van der Waals surface area contributed by atoms with Crippen molar-refractivity contribution in [1.29, 1.82) is 0 Å². The van der Waals surface area contributed by atoms with E-state index in [2.05, 4.69) is 10.3 Å². The maximum absolute atomic E-state index is 13.3. The van der Waals surface area contributed by atoms with Crippen molar-refractivity contribution >= 4 is 5.91 Å². The number of ether oxygens (including phenoxy) is 1. The van der Waals surface area contributed by atoms with Gasteiger partial charge in [0.1, 0.15) is 11.6 Å². The summed E-state index contributed by atoms with van der Waals surface area (Å²) in [5.74, 6) is 1.15. The van der Waals surface area contributed by atoms with E-state index in [1.165, 1.54) is 12.1 Å². The van der Waals surface area contributed by atoms with Crippen LogP contribution in [-0.2, 0) is 11.3 Å². The molecule has 4 rings (SSSR count). The van der Waals surface area contributed by atoms with E-state index in [1.54, 1.807) is 24.4 Å². The summed E-state index contributed by atoms with van der Waals surface area (Å²) in [6.45, 7) is 0.304. The minimum atomic E-state index is -0.376. The van der Waals surface area contributed by atoms with Crippen LogP contribution in [0.1, 0.15) is 24.8 Å². The van der Waals surface area contributed by atoms with Crippen LogP contribution in [-0.4, -0.2) is 16.9 Å². The van der Waals surface area contributed by atoms with Gasteiger partial charge in [0.15, 0.2) is 0 Å². The summed E-state index contributed by atoms with van der Waals surface area (Å²) in [6, 6.07) is 9.47. The van der Waals surface area contributed by atoms with Gasteiger partial charge in [-0.1, -0.05) is 12.1 Å². The quantitative estimate of drug-likeness (QED) is 0.864. The van der Waals surface area contributed by atoms with Crippen LogP contribution >= 0.6 is 0 Å². The number of rotatable bonds is 5. The average molecular weight is 355 g/mol. The van der Waals surface area contributed by atoms with E-state index in [-0.39, 0.29) is 23.7 Å². The number of carbonyl (C=O) groups excluding carboxylic acids is 1. The minimum Gasteiger partial charge on any atom is -0.439 e. The van der Waals surface area contributed by atoms with Crippen LogP contribution in [0.15, 0.2) is 42.6 Å². The highest BCUT2D eigenvalue weighted by Gasteiger charge is 2.48. The third kappa shape index (κ3) is 3.29. The molecule has 0 radical (unpaired) electrons. The molecule has 2 aliphatic rings. The molecular formula is C20H22FN3O2. The van der Waals surface area contributed by atoms with Gasteiger partial charge in [0, 0.05) is 30.4 Å². The highest BCUT2D eigenvalue weighted by Crippen LogP contribution is 2.47. The molecule has 2 aliphatic carbocycles. The Morgan fingerprint density at radius 1 is 1.27 bits per heavy atom. The lowest BCUT2D eigenvalue weighted by Crippen LogP contribution is -2.45.